The van der Waals surface area contributed by atoms with Gasteiger partial charge in [-0.25, -0.2) is 0 Å². The van der Waals surface area contributed by atoms with Gasteiger partial charge in [-0.3, -0.25) is 0 Å². The molecule has 0 unspecified atom stereocenters. The Morgan fingerprint density at radius 2 is 2.00 bits per heavy atom. The van der Waals surface area contributed by atoms with Crippen LogP contribution in [0.5, 0.6) is 0 Å². The SMILES string of the molecule is ClCCOCCOC1CCC1. The van der Waals surface area contributed by atoms with Crippen LogP contribution in [0.2, 0.25) is 0 Å². The fourth-order valence-electron chi connectivity index (χ4n) is 0.968. The molecule has 0 amide bonds. The Hall–Kier alpha value is 0.210. The van der Waals surface area contributed by atoms with Gasteiger partial charge in [0.25, 0.3) is 0 Å². The maximum atomic E-state index is 5.46. The average Bonchev–Trinajstić information content (AvgIpc) is 1.93. The van der Waals surface area contributed by atoms with E-state index in [1.807, 2.05) is 0 Å². The van der Waals surface area contributed by atoms with E-state index in [2.05, 4.69) is 0 Å². The van der Waals surface area contributed by atoms with Gasteiger partial charge < -0.3 is 9.47 Å². The molecule has 11 heavy (non-hydrogen) atoms. The van der Waals surface area contributed by atoms with E-state index in [4.69, 9.17) is 21.1 Å². The van der Waals surface area contributed by atoms with Crippen molar-refractivity contribution in [1.82, 2.24) is 0 Å². The Morgan fingerprint density at radius 3 is 2.55 bits per heavy atom. The smallest absolute Gasteiger partial charge is 0.0704 e. The predicted molar refractivity (Wildman–Crippen MR) is 45.1 cm³/mol. The van der Waals surface area contributed by atoms with Gasteiger partial charge in [-0.05, 0) is 19.3 Å². The second kappa shape index (κ2) is 5.81. The molecular weight excluding hydrogens is 164 g/mol. The summed E-state index contributed by atoms with van der Waals surface area (Å²) in [7, 11) is 0. The van der Waals surface area contributed by atoms with Gasteiger partial charge in [-0.15, -0.1) is 11.6 Å². The van der Waals surface area contributed by atoms with E-state index < -0.39 is 0 Å². The minimum Gasteiger partial charge on any atom is -0.378 e. The Morgan fingerprint density at radius 1 is 1.18 bits per heavy atom. The molecule has 0 aromatic carbocycles. The van der Waals surface area contributed by atoms with Crippen molar-refractivity contribution in [2.75, 3.05) is 25.7 Å². The Labute approximate surface area is 72.8 Å². The first-order chi connectivity index (χ1) is 5.43. The van der Waals surface area contributed by atoms with Crippen LogP contribution in [0.3, 0.4) is 0 Å². The molecule has 1 rings (SSSR count). The zero-order chi connectivity index (χ0) is 7.94. The summed E-state index contributed by atoms with van der Waals surface area (Å²) in [6.07, 6.45) is 4.31. The molecule has 1 fully saturated rings. The summed E-state index contributed by atoms with van der Waals surface area (Å²) in [5.74, 6) is 0.573. The van der Waals surface area contributed by atoms with Gasteiger partial charge in [-0.2, -0.15) is 0 Å². The maximum Gasteiger partial charge on any atom is 0.0704 e. The molecule has 0 N–H and O–H groups in total. The highest BCUT2D eigenvalue weighted by Gasteiger charge is 2.16. The van der Waals surface area contributed by atoms with Crippen molar-refractivity contribution in [3.8, 4) is 0 Å². The lowest BCUT2D eigenvalue weighted by molar-refractivity contribution is -0.0267. The lowest BCUT2D eigenvalue weighted by Crippen LogP contribution is -2.23. The van der Waals surface area contributed by atoms with Crippen molar-refractivity contribution in [1.29, 1.82) is 0 Å². The molecule has 0 aromatic heterocycles. The van der Waals surface area contributed by atoms with Crippen LogP contribution in [0.25, 0.3) is 0 Å². The highest BCUT2D eigenvalue weighted by molar-refractivity contribution is 6.17. The monoisotopic (exact) mass is 178 g/mol. The molecule has 0 radical (unpaired) electrons. The Bertz CT molecular complexity index is 94.1. The quantitative estimate of drug-likeness (QED) is 0.456. The molecule has 0 saturated heterocycles. The molecule has 0 bridgehead atoms. The molecule has 0 aromatic rings. The van der Waals surface area contributed by atoms with E-state index in [0.717, 1.165) is 6.61 Å². The van der Waals surface area contributed by atoms with Gasteiger partial charge >= 0.3 is 0 Å². The van der Waals surface area contributed by atoms with E-state index in [-0.39, 0.29) is 0 Å². The van der Waals surface area contributed by atoms with Crippen LogP contribution in [-0.4, -0.2) is 31.8 Å². The third kappa shape index (κ3) is 3.94. The third-order valence-electron chi connectivity index (χ3n) is 1.85. The average molecular weight is 179 g/mol. The minimum atomic E-state index is 0.523. The van der Waals surface area contributed by atoms with Gasteiger partial charge in [0.05, 0.1) is 25.9 Å². The second-order valence-electron chi connectivity index (χ2n) is 2.73. The number of halogens is 1. The number of alkyl halides is 1. The summed E-state index contributed by atoms with van der Waals surface area (Å²) in [5, 5.41) is 0. The maximum absolute atomic E-state index is 5.46. The van der Waals surface area contributed by atoms with Gasteiger partial charge in [0.1, 0.15) is 0 Å². The number of ether oxygens (including phenoxy) is 2. The number of rotatable bonds is 6. The molecule has 1 saturated carbocycles. The normalized spacial score (nSPS) is 18.3. The van der Waals surface area contributed by atoms with Crippen molar-refractivity contribution in [2.45, 2.75) is 25.4 Å². The lowest BCUT2D eigenvalue weighted by atomic mass is 9.96. The second-order valence-corrected chi connectivity index (χ2v) is 3.10. The zero-order valence-electron chi connectivity index (χ0n) is 6.72. The Kier molecular flexibility index (Phi) is 4.91. The largest absolute Gasteiger partial charge is 0.378 e. The van der Waals surface area contributed by atoms with Crippen molar-refractivity contribution in [2.24, 2.45) is 0 Å². The molecule has 1 aliphatic carbocycles. The molecule has 66 valence electrons. The topological polar surface area (TPSA) is 18.5 Å². The summed E-state index contributed by atoms with van der Waals surface area (Å²) >= 11 is 5.42. The van der Waals surface area contributed by atoms with E-state index in [1.165, 1.54) is 19.3 Å². The van der Waals surface area contributed by atoms with Gasteiger partial charge in [0.2, 0.25) is 0 Å². The third-order valence-corrected chi connectivity index (χ3v) is 2.01. The van der Waals surface area contributed by atoms with Crippen molar-refractivity contribution in [3.05, 3.63) is 0 Å². The molecule has 1 aliphatic rings. The van der Waals surface area contributed by atoms with Crippen LogP contribution < -0.4 is 0 Å². The van der Waals surface area contributed by atoms with Crippen molar-refractivity contribution in [3.63, 3.8) is 0 Å². The summed E-state index contributed by atoms with van der Waals surface area (Å²) in [5.41, 5.74) is 0. The molecule has 0 atom stereocenters. The van der Waals surface area contributed by atoms with E-state index in [1.54, 1.807) is 0 Å². The van der Waals surface area contributed by atoms with Crippen LogP contribution in [0.15, 0.2) is 0 Å². The fourth-order valence-corrected chi connectivity index (χ4v) is 1.08. The van der Waals surface area contributed by atoms with Crippen molar-refractivity contribution >= 4 is 11.6 Å². The molecule has 3 heteroatoms. The summed E-state index contributed by atoms with van der Waals surface area (Å²) in [6.45, 7) is 2.04. The minimum absolute atomic E-state index is 0.523. The molecule has 0 heterocycles. The predicted octanol–water partition coefficient (Wildman–Crippen LogP) is 1.81. The van der Waals surface area contributed by atoms with Crippen LogP contribution in [0.4, 0.5) is 0 Å². The molecule has 0 aliphatic heterocycles. The lowest BCUT2D eigenvalue weighted by Gasteiger charge is -2.25. The van der Waals surface area contributed by atoms with Gasteiger partial charge in [0.15, 0.2) is 0 Å². The van der Waals surface area contributed by atoms with Crippen LogP contribution in [0, 0.1) is 0 Å². The molecule has 2 nitrogen and oxygen atoms in total. The van der Waals surface area contributed by atoms with Crippen LogP contribution in [0.1, 0.15) is 19.3 Å². The zero-order valence-corrected chi connectivity index (χ0v) is 7.48. The molecular formula is C8H15ClO2. The molecule has 0 spiro atoms. The van der Waals surface area contributed by atoms with E-state index >= 15 is 0 Å². The summed E-state index contributed by atoms with van der Waals surface area (Å²) in [4.78, 5) is 0. The highest BCUT2D eigenvalue weighted by Crippen LogP contribution is 2.21. The van der Waals surface area contributed by atoms with Crippen molar-refractivity contribution < 1.29 is 9.47 Å². The first kappa shape index (κ1) is 9.30. The Balaban J connectivity index is 1.73. The van der Waals surface area contributed by atoms with E-state index in [0.29, 0.717) is 25.2 Å². The standard InChI is InChI=1S/C8H15ClO2/c9-4-5-10-6-7-11-8-2-1-3-8/h8H,1-7H2. The van der Waals surface area contributed by atoms with Gasteiger partial charge in [0, 0.05) is 5.88 Å². The van der Waals surface area contributed by atoms with Crippen LogP contribution >= 0.6 is 11.6 Å². The highest BCUT2D eigenvalue weighted by atomic mass is 35.5. The van der Waals surface area contributed by atoms with Gasteiger partial charge in [-0.1, -0.05) is 0 Å². The summed E-state index contributed by atoms with van der Waals surface area (Å²) < 4.78 is 10.6. The summed E-state index contributed by atoms with van der Waals surface area (Å²) in [6, 6.07) is 0. The first-order valence-electron chi connectivity index (χ1n) is 4.19. The first-order valence-corrected chi connectivity index (χ1v) is 4.72. The number of hydrogen-bond acceptors (Lipinski definition) is 2. The number of hydrogen-bond donors (Lipinski definition) is 0. The van der Waals surface area contributed by atoms with Crippen LogP contribution in [-0.2, 0) is 9.47 Å². The van der Waals surface area contributed by atoms with E-state index in [9.17, 15) is 0 Å². The fraction of sp³-hybridized carbons (Fsp3) is 1.00.